The van der Waals surface area contributed by atoms with E-state index in [1.165, 1.54) is 35.1 Å². The van der Waals surface area contributed by atoms with Crippen LogP contribution in [0.3, 0.4) is 0 Å². The molecular formula is C24H34N4O3S. The fourth-order valence-corrected chi connectivity index (χ4v) is 6.32. The Morgan fingerprint density at radius 1 is 1.12 bits per heavy atom. The first-order valence-electron chi connectivity index (χ1n) is 11.9. The lowest BCUT2D eigenvalue weighted by molar-refractivity contribution is -0.134. The predicted octanol–water partition coefficient (Wildman–Crippen LogP) is 3.72. The number of rotatable bonds is 4. The first kappa shape index (κ1) is 23.0. The third-order valence-electron chi connectivity index (χ3n) is 6.84. The second kappa shape index (κ2) is 9.73. The summed E-state index contributed by atoms with van der Waals surface area (Å²) in [5, 5.41) is 3.62. The highest BCUT2D eigenvalue weighted by atomic mass is 32.1. The zero-order valence-corrected chi connectivity index (χ0v) is 20.2. The summed E-state index contributed by atoms with van der Waals surface area (Å²) in [5.74, 6) is 0.768. The van der Waals surface area contributed by atoms with Crippen LogP contribution in [0.1, 0.15) is 74.0 Å². The van der Waals surface area contributed by atoms with Crippen LogP contribution in [0.15, 0.2) is 11.1 Å². The van der Waals surface area contributed by atoms with Crippen molar-refractivity contribution in [3.05, 3.63) is 27.1 Å². The molecule has 7 nitrogen and oxygen atoms in total. The van der Waals surface area contributed by atoms with Gasteiger partial charge in [-0.2, -0.15) is 0 Å². The summed E-state index contributed by atoms with van der Waals surface area (Å²) in [6, 6.07) is 0.200. The number of nitrogens with one attached hydrogen (secondary N) is 1. The van der Waals surface area contributed by atoms with Crippen molar-refractivity contribution in [2.24, 2.45) is 11.8 Å². The second-order valence-electron chi connectivity index (χ2n) is 9.82. The zero-order chi connectivity index (χ0) is 22.8. The third-order valence-corrected chi connectivity index (χ3v) is 8.04. The van der Waals surface area contributed by atoms with Crippen molar-refractivity contribution in [3.63, 3.8) is 0 Å². The predicted molar refractivity (Wildman–Crippen MR) is 127 cm³/mol. The molecule has 2 aromatic rings. The molecule has 0 radical (unpaired) electrons. The Hall–Kier alpha value is -2.22. The van der Waals surface area contributed by atoms with Crippen molar-refractivity contribution in [3.8, 4) is 0 Å². The number of aryl methyl sites for hydroxylation is 1. The first-order valence-corrected chi connectivity index (χ1v) is 12.7. The molecule has 0 unspecified atom stereocenters. The molecule has 1 aliphatic carbocycles. The fraction of sp³-hybridized carbons (Fsp3) is 0.667. The maximum Gasteiger partial charge on any atom is 0.262 e. The van der Waals surface area contributed by atoms with E-state index in [0.29, 0.717) is 32.5 Å². The van der Waals surface area contributed by atoms with Crippen molar-refractivity contribution in [2.75, 3.05) is 13.1 Å². The Labute approximate surface area is 193 Å². The van der Waals surface area contributed by atoms with Gasteiger partial charge in [0.25, 0.3) is 11.5 Å². The molecule has 2 fully saturated rings. The topological polar surface area (TPSA) is 84.3 Å². The molecule has 0 spiro atoms. The summed E-state index contributed by atoms with van der Waals surface area (Å²) in [6.45, 7) is 7.58. The van der Waals surface area contributed by atoms with Crippen molar-refractivity contribution >= 4 is 33.4 Å². The highest BCUT2D eigenvalue weighted by Gasteiger charge is 2.27. The van der Waals surface area contributed by atoms with Gasteiger partial charge in [0.1, 0.15) is 11.4 Å². The number of fused-ring (bicyclic) bond motifs is 1. The van der Waals surface area contributed by atoms with E-state index in [4.69, 9.17) is 0 Å². The van der Waals surface area contributed by atoms with Crippen LogP contribution in [-0.2, 0) is 11.3 Å². The van der Waals surface area contributed by atoms with Crippen LogP contribution in [0.25, 0.3) is 10.2 Å². The molecule has 1 saturated heterocycles. The minimum absolute atomic E-state index is 0.0138. The van der Waals surface area contributed by atoms with E-state index < -0.39 is 0 Å². The van der Waals surface area contributed by atoms with Crippen LogP contribution in [0.5, 0.6) is 0 Å². The fourth-order valence-electron chi connectivity index (χ4n) is 5.28. The first-order chi connectivity index (χ1) is 15.3. The van der Waals surface area contributed by atoms with E-state index in [-0.39, 0.29) is 30.0 Å². The van der Waals surface area contributed by atoms with E-state index in [2.05, 4.69) is 24.1 Å². The molecule has 2 atom stereocenters. The van der Waals surface area contributed by atoms with Gasteiger partial charge in [-0.25, -0.2) is 4.98 Å². The van der Waals surface area contributed by atoms with Gasteiger partial charge >= 0.3 is 0 Å². The SMILES string of the molecule is Cc1c(C(=O)NC2CCCCCC2)sc2ncn(CC(=O)N3C[C@@H](C)C[C@H](C)C3)c(=O)c12. The van der Waals surface area contributed by atoms with E-state index in [1.54, 1.807) is 0 Å². The average Bonchev–Trinajstić information content (AvgIpc) is 2.90. The normalized spacial score (nSPS) is 22.7. The summed E-state index contributed by atoms with van der Waals surface area (Å²) in [6.07, 6.45) is 9.33. The van der Waals surface area contributed by atoms with Gasteiger partial charge in [0.05, 0.1) is 16.6 Å². The van der Waals surface area contributed by atoms with Gasteiger partial charge in [0.2, 0.25) is 5.91 Å². The van der Waals surface area contributed by atoms with Crippen molar-refractivity contribution < 1.29 is 9.59 Å². The molecule has 8 heteroatoms. The summed E-state index contributed by atoms with van der Waals surface area (Å²) in [4.78, 5) is 46.4. The van der Waals surface area contributed by atoms with Gasteiger partial charge in [-0.3, -0.25) is 19.0 Å². The van der Waals surface area contributed by atoms with E-state index in [0.717, 1.165) is 45.2 Å². The number of aromatic nitrogens is 2. The molecule has 2 aliphatic rings. The van der Waals surface area contributed by atoms with Crippen molar-refractivity contribution in [1.82, 2.24) is 19.8 Å². The number of thiophene rings is 1. The standard InChI is InChI=1S/C24H34N4O3S/c1-15-10-16(2)12-27(11-15)19(29)13-28-14-25-23-20(24(28)31)17(3)21(32-23)22(30)26-18-8-6-4-5-7-9-18/h14-16,18H,4-13H2,1-3H3,(H,26,30)/t15-,16-/m0/s1. The number of hydrogen-bond donors (Lipinski definition) is 1. The lowest BCUT2D eigenvalue weighted by atomic mass is 9.92. The number of nitrogens with zero attached hydrogens (tertiary/aromatic N) is 3. The molecule has 1 saturated carbocycles. The van der Waals surface area contributed by atoms with Gasteiger partial charge in [0, 0.05) is 19.1 Å². The molecule has 0 bridgehead atoms. The number of carbonyl (C=O) groups excluding carboxylic acids is 2. The summed E-state index contributed by atoms with van der Waals surface area (Å²) in [7, 11) is 0. The van der Waals surface area contributed by atoms with E-state index in [9.17, 15) is 14.4 Å². The maximum atomic E-state index is 13.2. The highest BCUT2D eigenvalue weighted by molar-refractivity contribution is 7.20. The molecule has 3 heterocycles. The minimum Gasteiger partial charge on any atom is -0.349 e. The van der Waals surface area contributed by atoms with Crippen LogP contribution in [0, 0.1) is 18.8 Å². The van der Waals surface area contributed by atoms with E-state index in [1.807, 2.05) is 11.8 Å². The number of hydrogen-bond acceptors (Lipinski definition) is 5. The molecule has 4 rings (SSSR count). The highest BCUT2D eigenvalue weighted by Crippen LogP contribution is 2.28. The summed E-state index contributed by atoms with van der Waals surface area (Å²) < 4.78 is 1.39. The minimum atomic E-state index is -0.247. The molecule has 32 heavy (non-hydrogen) atoms. The molecule has 0 aromatic carbocycles. The summed E-state index contributed by atoms with van der Waals surface area (Å²) >= 11 is 1.26. The molecule has 2 aromatic heterocycles. The van der Waals surface area contributed by atoms with Gasteiger partial charge in [-0.1, -0.05) is 39.5 Å². The van der Waals surface area contributed by atoms with Crippen LogP contribution in [-0.4, -0.2) is 45.4 Å². The largest absolute Gasteiger partial charge is 0.349 e. The van der Waals surface area contributed by atoms with E-state index >= 15 is 0 Å². The number of amides is 2. The average molecular weight is 459 g/mol. The smallest absolute Gasteiger partial charge is 0.262 e. The van der Waals surface area contributed by atoms with Gasteiger partial charge in [0.15, 0.2) is 0 Å². The van der Waals surface area contributed by atoms with Crippen LogP contribution < -0.4 is 10.9 Å². The molecule has 1 aliphatic heterocycles. The number of carbonyl (C=O) groups is 2. The molecule has 1 N–H and O–H groups in total. The molecular weight excluding hydrogens is 424 g/mol. The molecule has 174 valence electrons. The Kier molecular flexibility index (Phi) is 6.98. The Morgan fingerprint density at radius 2 is 1.78 bits per heavy atom. The maximum absolute atomic E-state index is 13.2. The number of piperidine rings is 1. The second-order valence-corrected chi connectivity index (χ2v) is 10.8. The lowest BCUT2D eigenvalue weighted by Gasteiger charge is -2.35. The Morgan fingerprint density at radius 3 is 2.44 bits per heavy atom. The molecule has 2 amide bonds. The van der Waals surface area contributed by atoms with Crippen LogP contribution in [0.2, 0.25) is 0 Å². The van der Waals surface area contributed by atoms with Gasteiger partial charge in [-0.05, 0) is 43.6 Å². The quantitative estimate of drug-likeness (QED) is 0.708. The third kappa shape index (κ3) is 4.90. The monoisotopic (exact) mass is 458 g/mol. The Balaban J connectivity index is 1.53. The zero-order valence-electron chi connectivity index (χ0n) is 19.4. The number of likely N-dealkylation sites (tertiary alicyclic amines) is 1. The lowest BCUT2D eigenvalue weighted by Crippen LogP contribution is -2.44. The summed E-state index contributed by atoms with van der Waals surface area (Å²) in [5.41, 5.74) is 0.416. The van der Waals surface area contributed by atoms with Crippen LogP contribution >= 0.6 is 11.3 Å². The van der Waals surface area contributed by atoms with Gasteiger partial charge < -0.3 is 10.2 Å². The van der Waals surface area contributed by atoms with Crippen LogP contribution in [0.4, 0.5) is 0 Å². The Bertz CT molecular complexity index is 1040. The van der Waals surface area contributed by atoms with Crippen molar-refractivity contribution in [2.45, 2.75) is 78.3 Å². The van der Waals surface area contributed by atoms with Crippen molar-refractivity contribution in [1.29, 1.82) is 0 Å². The van der Waals surface area contributed by atoms with Gasteiger partial charge in [-0.15, -0.1) is 11.3 Å².